The first-order valence-corrected chi connectivity index (χ1v) is 7.47. The molecular weight excluding hydrogens is 224 g/mol. The molecule has 18 heavy (non-hydrogen) atoms. The summed E-state index contributed by atoms with van der Waals surface area (Å²) in [6.45, 7) is 8.62. The van der Waals surface area contributed by atoms with E-state index in [9.17, 15) is 0 Å². The van der Waals surface area contributed by atoms with Crippen molar-refractivity contribution in [2.24, 2.45) is 23.0 Å². The van der Waals surface area contributed by atoms with Crippen molar-refractivity contribution in [3.05, 3.63) is 0 Å². The van der Waals surface area contributed by atoms with E-state index in [1.165, 1.54) is 32.2 Å². The number of hydrogen-bond acceptors (Lipinski definition) is 3. The summed E-state index contributed by atoms with van der Waals surface area (Å²) >= 11 is 0. The lowest BCUT2D eigenvalue weighted by molar-refractivity contribution is 0.149. The van der Waals surface area contributed by atoms with Crippen LogP contribution in [0.1, 0.15) is 46.0 Å². The van der Waals surface area contributed by atoms with Crippen LogP contribution in [0.5, 0.6) is 0 Å². The van der Waals surface area contributed by atoms with Crippen molar-refractivity contribution in [3.63, 3.8) is 0 Å². The molecule has 1 fully saturated rings. The maximum atomic E-state index is 5.72. The Labute approximate surface area is 113 Å². The molecule has 0 saturated heterocycles. The molecule has 0 radical (unpaired) electrons. The Morgan fingerprint density at radius 3 is 2.33 bits per heavy atom. The first kappa shape index (κ1) is 15.9. The number of nitrogens with two attached hydrogens (primary N) is 1. The van der Waals surface area contributed by atoms with Crippen molar-refractivity contribution in [2.45, 2.75) is 46.0 Å². The van der Waals surface area contributed by atoms with Gasteiger partial charge in [-0.1, -0.05) is 13.8 Å². The van der Waals surface area contributed by atoms with E-state index >= 15 is 0 Å². The van der Waals surface area contributed by atoms with Crippen LogP contribution in [0.25, 0.3) is 0 Å². The minimum atomic E-state index is 0.338. The van der Waals surface area contributed by atoms with Crippen LogP contribution in [0.3, 0.4) is 0 Å². The zero-order valence-corrected chi connectivity index (χ0v) is 12.5. The van der Waals surface area contributed by atoms with Gasteiger partial charge in [0.15, 0.2) is 0 Å². The van der Waals surface area contributed by atoms with Gasteiger partial charge in [-0.25, -0.2) is 0 Å². The first-order chi connectivity index (χ1) is 8.57. The molecule has 3 nitrogen and oxygen atoms in total. The topological polar surface area (TPSA) is 47.3 Å². The number of rotatable bonds is 8. The molecule has 1 saturated carbocycles. The van der Waals surface area contributed by atoms with Crippen LogP contribution in [-0.2, 0) is 4.74 Å². The van der Waals surface area contributed by atoms with E-state index in [2.05, 4.69) is 19.2 Å². The zero-order valence-electron chi connectivity index (χ0n) is 12.5. The average molecular weight is 256 g/mol. The number of hydrogen-bond donors (Lipinski definition) is 2. The highest BCUT2D eigenvalue weighted by atomic mass is 16.5. The van der Waals surface area contributed by atoms with Crippen LogP contribution in [0, 0.1) is 17.3 Å². The highest BCUT2D eigenvalue weighted by Gasteiger charge is 2.21. The summed E-state index contributed by atoms with van der Waals surface area (Å²) in [5.41, 5.74) is 6.06. The van der Waals surface area contributed by atoms with Crippen molar-refractivity contribution < 1.29 is 4.74 Å². The van der Waals surface area contributed by atoms with Crippen LogP contribution in [0.2, 0.25) is 0 Å². The van der Waals surface area contributed by atoms with Crippen molar-refractivity contribution in [1.82, 2.24) is 5.32 Å². The molecule has 0 amide bonds. The summed E-state index contributed by atoms with van der Waals surface area (Å²) in [4.78, 5) is 0. The van der Waals surface area contributed by atoms with Gasteiger partial charge in [-0.15, -0.1) is 0 Å². The quantitative estimate of drug-likeness (QED) is 0.701. The number of methoxy groups -OCH3 is 1. The molecule has 0 heterocycles. The largest absolute Gasteiger partial charge is 0.385 e. The fourth-order valence-electron chi connectivity index (χ4n) is 2.75. The second kappa shape index (κ2) is 8.13. The Bertz CT molecular complexity index is 211. The fraction of sp³-hybridized carbons (Fsp3) is 1.00. The lowest BCUT2D eigenvalue weighted by Crippen LogP contribution is -2.35. The van der Waals surface area contributed by atoms with E-state index in [-0.39, 0.29) is 0 Å². The summed E-state index contributed by atoms with van der Waals surface area (Å²) in [6.07, 6.45) is 6.49. The second-order valence-corrected chi connectivity index (χ2v) is 6.66. The van der Waals surface area contributed by atoms with Crippen LogP contribution in [0.15, 0.2) is 0 Å². The fourth-order valence-corrected chi connectivity index (χ4v) is 2.75. The molecule has 1 rings (SSSR count). The van der Waals surface area contributed by atoms with E-state index in [4.69, 9.17) is 10.5 Å². The SMILES string of the molecule is COCCC(C)(C)CNCC1CCC(CN)CC1. The number of nitrogens with one attached hydrogen (secondary N) is 1. The standard InChI is InChI=1S/C15H32N2O/c1-15(2,8-9-18-3)12-17-11-14-6-4-13(10-16)5-7-14/h13-14,17H,4-12,16H2,1-3H3. The Morgan fingerprint density at radius 1 is 1.17 bits per heavy atom. The molecule has 1 aliphatic carbocycles. The average Bonchev–Trinajstić information content (AvgIpc) is 2.37. The molecule has 0 bridgehead atoms. The lowest BCUT2D eigenvalue weighted by atomic mass is 9.82. The monoisotopic (exact) mass is 256 g/mol. The second-order valence-electron chi connectivity index (χ2n) is 6.66. The van der Waals surface area contributed by atoms with E-state index in [0.717, 1.165) is 38.0 Å². The van der Waals surface area contributed by atoms with Crippen molar-refractivity contribution in [3.8, 4) is 0 Å². The maximum absolute atomic E-state index is 5.72. The molecule has 3 heteroatoms. The molecule has 0 spiro atoms. The van der Waals surface area contributed by atoms with Crippen molar-refractivity contribution >= 4 is 0 Å². The number of ether oxygens (including phenoxy) is 1. The Balaban J connectivity index is 2.10. The zero-order chi connectivity index (χ0) is 13.4. The molecule has 1 aliphatic rings. The van der Waals surface area contributed by atoms with Gasteiger partial charge < -0.3 is 15.8 Å². The summed E-state index contributed by atoms with van der Waals surface area (Å²) in [5.74, 6) is 1.66. The van der Waals surface area contributed by atoms with Gasteiger partial charge >= 0.3 is 0 Å². The normalized spacial score (nSPS) is 25.3. The van der Waals surface area contributed by atoms with Gasteiger partial charge in [-0.3, -0.25) is 0 Å². The van der Waals surface area contributed by atoms with Crippen molar-refractivity contribution in [2.75, 3.05) is 33.4 Å². The molecule has 0 unspecified atom stereocenters. The molecule has 0 atom stereocenters. The van der Waals surface area contributed by atoms with Gasteiger partial charge in [0.2, 0.25) is 0 Å². The smallest absolute Gasteiger partial charge is 0.0467 e. The van der Waals surface area contributed by atoms with Crippen molar-refractivity contribution in [1.29, 1.82) is 0 Å². The molecule has 0 aromatic rings. The third-order valence-corrected chi connectivity index (χ3v) is 4.32. The van der Waals surface area contributed by atoms with E-state index in [0.29, 0.717) is 5.41 Å². The molecule has 0 aliphatic heterocycles. The summed E-state index contributed by atoms with van der Waals surface area (Å²) in [7, 11) is 1.78. The first-order valence-electron chi connectivity index (χ1n) is 7.47. The third kappa shape index (κ3) is 6.17. The van der Waals surface area contributed by atoms with Crippen LogP contribution in [0.4, 0.5) is 0 Å². The summed E-state index contributed by atoms with van der Waals surface area (Å²) < 4.78 is 5.16. The van der Waals surface area contributed by atoms with Gasteiger partial charge in [-0.05, 0) is 62.4 Å². The van der Waals surface area contributed by atoms with Crippen LogP contribution >= 0.6 is 0 Å². The van der Waals surface area contributed by atoms with Gasteiger partial charge in [0.05, 0.1) is 0 Å². The molecule has 0 aromatic heterocycles. The molecule has 3 N–H and O–H groups in total. The Kier molecular flexibility index (Phi) is 7.20. The van der Waals surface area contributed by atoms with Gasteiger partial charge in [-0.2, -0.15) is 0 Å². The minimum absolute atomic E-state index is 0.338. The summed E-state index contributed by atoms with van der Waals surface area (Å²) in [6, 6.07) is 0. The Hall–Kier alpha value is -0.120. The van der Waals surface area contributed by atoms with Crippen LogP contribution in [-0.4, -0.2) is 33.4 Å². The highest BCUT2D eigenvalue weighted by molar-refractivity contribution is 4.77. The van der Waals surface area contributed by atoms with Crippen LogP contribution < -0.4 is 11.1 Å². The predicted octanol–water partition coefficient (Wildman–Crippen LogP) is 2.40. The van der Waals surface area contributed by atoms with Gasteiger partial charge in [0.25, 0.3) is 0 Å². The van der Waals surface area contributed by atoms with Gasteiger partial charge in [0, 0.05) is 20.3 Å². The third-order valence-electron chi connectivity index (χ3n) is 4.32. The Morgan fingerprint density at radius 2 is 1.78 bits per heavy atom. The van der Waals surface area contributed by atoms with E-state index in [1.807, 2.05) is 0 Å². The van der Waals surface area contributed by atoms with E-state index < -0.39 is 0 Å². The highest BCUT2D eigenvalue weighted by Crippen LogP contribution is 2.27. The predicted molar refractivity (Wildman–Crippen MR) is 77.6 cm³/mol. The maximum Gasteiger partial charge on any atom is 0.0467 e. The minimum Gasteiger partial charge on any atom is -0.385 e. The lowest BCUT2D eigenvalue weighted by Gasteiger charge is -2.30. The molecule has 0 aromatic carbocycles. The molecule has 108 valence electrons. The molecular formula is C15H32N2O. The van der Waals surface area contributed by atoms with E-state index in [1.54, 1.807) is 7.11 Å². The van der Waals surface area contributed by atoms with Gasteiger partial charge in [0.1, 0.15) is 0 Å². The summed E-state index contributed by atoms with van der Waals surface area (Å²) in [5, 5.41) is 3.65.